The van der Waals surface area contributed by atoms with Crippen molar-refractivity contribution in [2.45, 2.75) is 40.0 Å². The lowest BCUT2D eigenvalue weighted by atomic mass is 9.69. The predicted octanol–water partition coefficient (Wildman–Crippen LogP) is 3.81. The molecule has 1 aliphatic heterocycles. The summed E-state index contributed by atoms with van der Waals surface area (Å²) in [6.07, 6.45) is 0.387. The van der Waals surface area contributed by atoms with Crippen LogP contribution in [0.3, 0.4) is 0 Å². The summed E-state index contributed by atoms with van der Waals surface area (Å²) in [5.74, 6) is -2.45. The van der Waals surface area contributed by atoms with Gasteiger partial charge in [-0.15, -0.1) is 0 Å². The molecular weight excluding hydrogens is 472 g/mol. The van der Waals surface area contributed by atoms with Gasteiger partial charge in [0, 0.05) is 40.3 Å². The Hall–Kier alpha value is -3.14. The Labute approximate surface area is 208 Å². The van der Waals surface area contributed by atoms with Gasteiger partial charge in [0.15, 0.2) is 5.78 Å². The van der Waals surface area contributed by atoms with Gasteiger partial charge < -0.3 is 14.8 Å². The molecule has 0 amide bonds. The summed E-state index contributed by atoms with van der Waals surface area (Å²) in [5.41, 5.74) is 2.32. The highest BCUT2D eigenvalue weighted by Crippen LogP contribution is 2.46. The molecule has 2 aliphatic rings. The molecule has 188 valence electrons. The van der Waals surface area contributed by atoms with E-state index in [-0.39, 0.29) is 29.4 Å². The first-order chi connectivity index (χ1) is 16.6. The first-order valence-corrected chi connectivity index (χ1v) is 12.6. The Balaban J connectivity index is 2.15. The molecule has 3 atom stereocenters. The number of carbonyl (C=O) groups is 3. The maximum atomic E-state index is 13.7. The van der Waals surface area contributed by atoms with E-state index in [1.165, 1.54) is 13.2 Å². The van der Waals surface area contributed by atoms with Crippen molar-refractivity contribution in [3.05, 3.63) is 62.0 Å². The quantitative estimate of drug-likeness (QED) is 0.186. The average Bonchev–Trinajstić information content (AvgIpc) is 2.80. The van der Waals surface area contributed by atoms with Crippen LogP contribution in [0.1, 0.15) is 44.2 Å². The fraction of sp³-hybridized carbons (Fsp3) is 0.480. The molecule has 10 heteroatoms. The zero-order valence-electron chi connectivity index (χ0n) is 20.5. The van der Waals surface area contributed by atoms with Crippen LogP contribution in [0.25, 0.3) is 0 Å². The summed E-state index contributed by atoms with van der Waals surface area (Å²) in [6, 6.07) is 4.66. The van der Waals surface area contributed by atoms with E-state index in [2.05, 4.69) is 5.32 Å². The van der Waals surface area contributed by atoms with E-state index >= 15 is 0 Å². The molecule has 1 aliphatic carbocycles. The number of nitro groups is 1. The predicted molar refractivity (Wildman–Crippen MR) is 132 cm³/mol. The van der Waals surface area contributed by atoms with Crippen molar-refractivity contribution in [2.24, 2.45) is 11.8 Å². The summed E-state index contributed by atoms with van der Waals surface area (Å²) in [4.78, 5) is 50.6. The maximum Gasteiger partial charge on any atom is 0.336 e. The third kappa shape index (κ3) is 5.27. The third-order valence-corrected chi connectivity index (χ3v) is 7.25. The second kappa shape index (κ2) is 11.1. The second-order valence-electron chi connectivity index (χ2n) is 8.67. The van der Waals surface area contributed by atoms with Gasteiger partial charge in [-0.1, -0.05) is 26.0 Å². The Morgan fingerprint density at radius 1 is 1.29 bits per heavy atom. The molecular formula is C25H30N2O7S. The van der Waals surface area contributed by atoms with Crippen molar-refractivity contribution in [2.75, 3.05) is 25.2 Å². The number of hydrogen-bond acceptors (Lipinski definition) is 9. The topological polar surface area (TPSA) is 125 Å². The number of methoxy groups -OCH3 is 1. The number of rotatable bonds is 8. The van der Waals surface area contributed by atoms with E-state index in [0.29, 0.717) is 34.7 Å². The monoisotopic (exact) mass is 502 g/mol. The van der Waals surface area contributed by atoms with Crippen molar-refractivity contribution >= 4 is 35.2 Å². The number of nitro benzene ring substituents is 1. The highest BCUT2D eigenvalue weighted by atomic mass is 32.2. The standard InChI is InChI=1S/C25H30N2O7S/c1-6-35-10-9-34-25(30)20-15(4)26-17-11-14(3)19(24(29)33-5)23(28)22(17)21(20)16-8-7-13(2)18(12-16)27(31)32/h7-8,12,14,19,21,26H,6,9-11H2,1-5H3/t14-,19+,21-/m0/s1. The van der Waals surface area contributed by atoms with Crippen LogP contribution in [-0.2, 0) is 23.9 Å². The van der Waals surface area contributed by atoms with Crippen molar-refractivity contribution < 1.29 is 28.8 Å². The molecule has 0 fully saturated rings. The molecule has 0 spiro atoms. The van der Waals surface area contributed by atoms with Gasteiger partial charge in [-0.3, -0.25) is 19.7 Å². The first-order valence-electron chi connectivity index (χ1n) is 11.4. The third-order valence-electron chi connectivity index (χ3n) is 6.39. The molecule has 9 nitrogen and oxygen atoms in total. The zero-order valence-corrected chi connectivity index (χ0v) is 21.3. The highest BCUT2D eigenvalue weighted by molar-refractivity contribution is 7.99. The molecule has 1 N–H and O–H groups in total. The van der Waals surface area contributed by atoms with Gasteiger partial charge in [0.2, 0.25) is 0 Å². The van der Waals surface area contributed by atoms with Crippen LogP contribution >= 0.6 is 11.8 Å². The lowest BCUT2D eigenvalue weighted by Crippen LogP contribution is -2.43. The Bertz CT molecular complexity index is 1120. The van der Waals surface area contributed by atoms with E-state index in [9.17, 15) is 24.5 Å². The number of thioether (sulfide) groups is 1. The number of nitrogens with zero attached hydrogens (tertiary/aromatic N) is 1. The fourth-order valence-electron chi connectivity index (χ4n) is 4.70. The van der Waals surface area contributed by atoms with Crippen molar-refractivity contribution in [1.29, 1.82) is 0 Å². The number of nitrogens with one attached hydrogen (secondary N) is 1. The number of aryl methyl sites for hydroxylation is 1. The Morgan fingerprint density at radius 3 is 2.63 bits per heavy atom. The van der Waals surface area contributed by atoms with Crippen molar-refractivity contribution in [3.63, 3.8) is 0 Å². The van der Waals surface area contributed by atoms with Gasteiger partial charge in [0.1, 0.15) is 12.5 Å². The molecule has 1 aromatic carbocycles. The highest BCUT2D eigenvalue weighted by Gasteiger charge is 2.47. The summed E-state index contributed by atoms with van der Waals surface area (Å²) in [7, 11) is 1.23. The largest absolute Gasteiger partial charge is 0.468 e. The Kier molecular flexibility index (Phi) is 8.37. The molecule has 35 heavy (non-hydrogen) atoms. The Morgan fingerprint density at radius 2 is 2.00 bits per heavy atom. The maximum absolute atomic E-state index is 13.7. The van der Waals surface area contributed by atoms with Crippen LogP contribution < -0.4 is 5.32 Å². The van der Waals surface area contributed by atoms with Gasteiger partial charge in [0.25, 0.3) is 5.69 Å². The van der Waals surface area contributed by atoms with Crippen molar-refractivity contribution in [1.82, 2.24) is 5.32 Å². The summed E-state index contributed by atoms with van der Waals surface area (Å²) < 4.78 is 10.4. The lowest BCUT2D eigenvalue weighted by molar-refractivity contribution is -0.385. The van der Waals surface area contributed by atoms with Gasteiger partial charge in [-0.25, -0.2) is 4.79 Å². The molecule has 0 saturated heterocycles. The van der Waals surface area contributed by atoms with Crippen LogP contribution in [0.5, 0.6) is 0 Å². The van der Waals surface area contributed by atoms with Gasteiger partial charge in [-0.05, 0) is 37.5 Å². The van der Waals surface area contributed by atoms with Crippen LogP contribution in [0.2, 0.25) is 0 Å². The van der Waals surface area contributed by atoms with Gasteiger partial charge in [0.05, 0.1) is 17.6 Å². The molecule has 0 bridgehead atoms. The number of allylic oxidation sites excluding steroid dienone is 3. The van der Waals surface area contributed by atoms with E-state index < -0.39 is 34.5 Å². The summed E-state index contributed by atoms with van der Waals surface area (Å²) in [6.45, 7) is 7.34. The number of hydrogen-bond donors (Lipinski definition) is 1. The number of Topliss-reactive ketones (excluding diaryl/α,β-unsaturated/α-hetero) is 1. The molecule has 0 unspecified atom stereocenters. The molecule has 0 radical (unpaired) electrons. The van der Waals surface area contributed by atoms with Gasteiger partial charge in [-0.2, -0.15) is 11.8 Å². The van der Waals surface area contributed by atoms with Crippen LogP contribution in [-0.4, -0.2) is 47.9 Å². The van der Waals surface area contributed by atoms with E-state index in [4.69, 9.17) is 9.47 Å². The summed E-state index contributed by atoms with van der Waals surface area (Å²) >= 11 is 1.63. The normalized spacial score (nSPS) is 21.9. The van der Waals surface area contributed by atoms with Crippen LogP contribution in [0, 0.1) is 28.9 Å². The lowest BCUT2D eigenvalue weighted by Gasteiger charge is -2.38. The van der Waals surface area contributed by atoms with Gasteiger partial charge >= 0.3 is 11.9 Å². The van der Waals surface area contributed by atoms with E-state index in [0.717, 1.165) is 5.75 Å². The number of dihydropyridines is 1. The zero-order chi connectivity index (χ0) is 25.9. The fourth-order valence-corrected chi connectivity index (χ4v) is 5.19. The number of benzene rings is 1. The summed E-state index contributed by atoms with van der Waals surface area (Å²) in [5, 5.41) is 14.8. The molecule has 0 saturated carbocycles. The second-order valence-corrected chi connectivity index (χ2v) is 10.1. The number of esters is 2. The average molecular weight is 503 g/mol. The first kappa shape index (κ1) is 26.5. The van der Waals surface area contributed by atoms with Crippen LogP contribution in [0.4, 0.5) is 5.69 Å². The smallest absolute Gasteiger partial charge is 0.336 e. The number of ether oxygens (including phenoxy) is 2. The van der Waals surface area contributed by atoms with Crippen molar-refractivity contribution in [3.8, 4) is 0 Å². The SMILES string of the molecule is CCSCCOC(=O)C1=C(C)NC2=C(C(=O)[C@H](C(=O)OC)[C@@H](C)C2)[C@H]1c1ccc(C)c([N+](=O)[O-])c1. The van der Waals surface area contributed by atoms with Crippen LogP contribution in [0.15, 0.2) is 40.7 Å². The van der Waals surface area contributed by atoms with E-state index in [1.54, 1.807) is 44.7 Å². The number of ketones is 1. The molecule has 0 aromatic heterocycles. The molecule has 3 rings (SSSR count). The minimum atomic E-state index is -1.03. The minimum absolute atomic E-state index is 0.117. The minimum Gasteiger partial charge on any atom is -0.468 e. The molecule has 1 heterocycles. The number of carbonyl (C=O) groups excluding carboxylic acids is 3. The molecule has 1 aromatic rings. The van der Waals surface area contributed by atoms with E-state index in [1.807, 2.05) is 6.92 Å².